The third-order valence-electron chi connectivity index (χ3n) is 3.57. The first-order valence-corrected chi connectivity index (χ1v) is 15.4. The molecule has 0 saturated carbocycles. The van der Waals surface area contributed by atoms with Gasteiger partial charge in [0, 0.05) is 0 Å². The molecule has 0 aromatic heterocycles. The van der Waals surface area contributed by atoms with Gasteiger partial charge in [-0.3, -0.25) is 0 Å². The van der Waals surface area contributed by atoms with Crippen LogP contribution in [0.25, 0.3) is 0 Å². The molecule has 0 N–H and O–H groups in total. The van der Waals surface area contributed by atoms with Crippen LogP contribution < -0.4 is 9.47 Å². The fourth-order valence-corrected chi connectivity index (χ4v) is 4.45. The first kappa shape index (κ1) is 24.3. The van der Waals surface area contributed by atoms with E-state index >= 15 is 0 Å². The van der Waals surface area contributed by atoms with Crippen LogP contribution >= 0.6 is 0 Å². The normalized spacial score (nSPS) is 13.5. The van der Waals surface area contributed by atoms with Crippen molar-refractivity contribution in [3.05, 3.63) is 78.9 Å². The molecule has 0 aliphatic heterocycles. The molecule has 30 heavy (non-hydrogen) atoms. The zero-order chi connectivity index (χ0) is 22.5. The van der Waals surface area contributed by atoms with E-state index < -0.39 is 19.5 Å². The monoisotopic (exact) mass is 558 g/mol. The molecule has 0 unspecified atom stereocenters. The molecular weight excluding hydrogens is 540 g/mol. The molecule has 0 saturated heterocycles. The van der Waals surface area contributed by atoms with Gasteiger partial charge < -0.3 is 9.47 Å². The quantitative estimate of drug-likeness (QED) is 0.192. The summed E-state index contributed by atoms with van der Waals surface area (Å²) in [6.45, 7) is 0. The van der Waals surface area contributed by atoms with Gasteiger partial charge in [0.15, 0.2) is 14.7 Å². The van der Waals surface area contributed by atoms with E-state index in [0.29, 0.717) is 0 Å². The molecule has 10 heteroatoms. The van der Waals surface area contributed by atoms with Crippen LogP contribution in [0.2, 0.25) is 0 Å². The molecule has 3 aromatic rings. The Morgan fingerprint density at radius 2 is 0.833 bits per heavy atom. The summed E-state index contributed by atoms with van der Waals surface area (Å²) in [5, 5.41) is 0. The molecule has 0 aliphatic carbocycles. The van der Waals surface area contributed by atoms with Crippen molar-refractivity contribution in [3.63, 3.8) is 0 Å². The Hall–Kier alpha value is -1.99. The molecule has 0 amide bonds. The van der Waals surface area contributed by atoms with Crippen molar-refractivity contribution in [2.24, 2.45) is 0 Å². The molecule has 164 valence electrons. The van der Waals surface area contributed by atoms with Crippen molar-refractivity contribution in [1.82, 2.24) is 0 Å². The van der Waals surface area contributed by atoms with Gasteiger partial charge in [-0.2, -0.15) is 0 Å². The number of rotatable bonds is 5. The maximum atomic E-state index is 9.93. The zero-order valence-electron chi connectivity index (χ0n) is 15.9. The first-order chi connectivity index (χ1) is 13.8. The summed E-state index contributed by atoms with van der Waals surface area (Å²) in [7, 11) is 3.23. The van der Waals surface area contributed by atoms with Gasteiger partial charge in [0.2, 0.25) is 0 Å². The minimum atomic E-state index is -11.2. The Kier molecular flexibility index (Phi) is 6.98. The van der Waals surface area contributed by atoms with E-state index in [1.54, 1.807) is 14.2 Å². The maximum absolute atomic E-state index is 11.2. The summed E-state index contributed by atoms with van der Waals surface area (Å²) < 4.78 is 70.1. The third kappa shape index (κ3) is 9.22. The van der Waals surface area contributed by atoms with Crippen molar-refractivity contribution in [2.45, 2.75) is 14.7 Å². The van der Waals surface area contributed by atoms with Crippen LogP contribution in [-0.2, 0) is 10.9 Å². The Bertz CT molecular complexity index is 888. The van der Waals surface area contributed by atoms with Gasteiger partial charge in [0.25, 0.3) is 0 Å². The van der Waals surface area contributed by atoms with Crippen LogP contribution in [-0.4, -0.2) is 33.7 Å². The summed E-state index contributed by atoms with van der Waals surface area (Å²) in [6.07, 6.45) is 0. The van der Waals surface area contributed by atoms with E-state index in [4.69, 9.17) is 9.47 Å². The molecular formula is C20H19F6O2SSb. The van der Waals surface area contributed by atoms with Gasteiger partial charge in [0.05, 0.1) is 25.1 Å². The molecule has 3 rings (SSSR count). The van der Waals surface area contributed by atoms with E-state index in [1.165, 1.54) is 14.7 Å². The second kappa shape index (κ2) is 8.63. The number of ether oxygens (including phenoxy) is 2. The van der Waals surface area contributed by atoms with Gasteiger partial charge in [-0.1, -0.05) is 18.2 Å². The minimum absolute atomic E-state index is 0.146. The van der Waals surface area contributed by atoms with E-state index in [0.717, 1.165) is 11.5 Å². The summed E-state index contributed by atoms with van der Waals surface area (Å²) in [4.78, 5) is 3.83. The third-order valence-corrected chi connectivity index (χ3v) is 5.80. The Morgan fingerprint density at radius 3 is 1.13 bits per heavy atom. The number of hydrogen-bond acceptors (Lipinski definition) is 2. The van der Waals surface area contributed by atoms with E-state index in [2.05, 4.69) is 48.5 Å². The average molecular weight is 559 g/mol. The Labute approximate surface area is 175 Å². The van der Waals surface area contributed by atoms with Crippen LogP contribution in [0.3, 0.4) is 0 Å². The first-order valence-electron chi connectivity index (χ1n) is 8.40. The molecule has 0 bridgehead atoms. The van der Waals surface area contributed by atoms with Crippen LogP contribution in [0.5, 0.6) is 11.5 Å². The van der Waals surface area contributed by atoms with Crippen LogP contribution in [0.15, 0.2) is 93.5 Å². The van der Waals surface area contributed by atoms with E-state index in [9.17, 15) is 16.9 Å². The predicted molar refractivity (Wildman–Crippen MR) is 107 cm³/mol. The SMILES string of the molecule is COc1ccc([S+](c2ccccc2)c2ccc(OC)cc2)cc1.[F][Sb-]([F])([F])([F])([F])[F]. The number of methoxy groups -OCH3 is 2. The predicted octanol–water partition coefficient (Wildman–Crippen LogP) is 6.94. The van der Waals surface area contributed by atoms with Crippen molar-refractivity contribution < 1.29 is 26.4 Å². The Morgan fingerprint density at radius 1 is 0.533 bits per heavy atom. The number of benzene rings is 3. The van der Waals surface area contributed by atoms with Gasteiger partial charge >= 0.3 is 36.4 Å². The Balaban J connectivity index is 0.000000396. The molecule has 0 spiro atoms. The van der Waals surface area contributed by atoms with Crippen molar-refractivity contribution in [3.8, 4) is 11.5 Å². The topological polar surface area (TPSA) is 18.5 Å². The van der Waals surface area contributed by atoms with Crippen molar-refractivity contribution >= 4 is 30.4 Å². The van der Waals surface area contributed by atoms with Crippen LogP contribution in [0, 0.1) is 0 Å². The molecule has 3 aromatic carbocycles. The standard InChI is InChI=1S/C20H19O2S.6FH.Sb/c1-21-16-8-12-19(13-9-16)23(18-6-4-3-5-7-18)20-14-10-17(22-2)11-15-20;;;;;;;/h3-15H,1-2H3;6*1H;/q+1;;;;;;;+5/p-6. The number of hydrogen-bond donors (Lipinski definition) is 0. The second-order valence-corrected chi connectivity index (χ2v) is 13.4. The summed E-state index contributed by atoms with van der Waals surface area (Å²) in [5.41, 5.74) is 0. The second-order valence-electron chi connectivity index (χ2n) is 5.93. The summed E-state index contributed by atoms with van der Waals surface area (Å²) in [6, 6.07) is 27.2. The van der Waals surface area contributed by atoms with Gasteiger partial charge in [-0.05, 0) is 60.7 Å². The van der Waals surface area contributed by atoms with Crippen molar-refractivity contribution in [1.29, 1.82) is 0 Å². The molecule has 0 atom stereocenters. The molecule has 2 nitrogen and oxygen atoms in total. The van der Waals surface area contributed by atoms with Crippen LogP contribution in [0.1, 0.15) is 0 Å². The fourth-order valence-electron chi connectivity index (χ4n) is 2.39. The van der Waals surface area contributed by atoms with Gasteiger partial charge in [-0.25, -0.2) is 0 Å². The van der Waals surface area contributed by atoms with Crippen molar-refractivity contribution in [2.75, 3.05) is 14.2 Å². The van der Waals surface area contributed by atoms with Gasteiger partial charge in [-0.15, -0.1) is 0 Å². The summed E-state index contributed by atoms with van der Waals surface area (Å²) >= 11 is -11.2. The fraction of sp³-hybridized carbons (Fsp3) is 0.100. The summed E-state index contributed by atoms with van der Waals surface area (Å²) in [5.74, 6) is 1.75. The van der Waals surface area contributed by atoms with E-state index in [1.807, 2.05) is 30.3 Å². The zero-order valence-corrected chi connectivity index (χ0v) is 19.3. The molecule has 0 fully saturated rings. The van der Waals surface area contributed by atoms with E-state index in [-0.39, 0.29) is 10.9 Å². The molecule has 0 radical (unpaired) electrons. The average Bonchev–Trinajstić information content (AvgIpc) is 2.68. The van der Waals surface area contributed by atoms with Gasteiger partial charge in [0.1, 0.15) is 11.5 Å². The molecule has 0 aliphatic rings. The number of halogens is 6. The molecule has 0 heterocycles. The van der Waals surface area contributed by atoms with Crippen LogP contribution in [0.4, 0.5) is 16.9 Å².